The van der Waals surface area contributed by atoms with Gasteiger partial charge < -0.3 is 9.88 Å². The topological polar surface area (TPSA) is 46.9 Å². The maximum Gasteiger partial charge on any atom is 0.261 e. The van der Waals surface area contributed by atoms with Gasteiger partial charge in [0.25, 0.3) is 5.91 Å². The quantitative estimate of drug-likeness (QED) is 0.684. The Bertz CT molecular complexity index is 837. The van der Waals surface area contributed by atoms with Crippen molar-refractivity contribution < 1.29 is 4.79 Å². The van der Waals surface area contributed by atoms with E-state index in [0.717, 1.165) is 17.2 Å². The first-order valence-corrected chi connectivity index (χ1v) is 9.38. The molecule has 25 heavy (non-hydrogen) atoms. The summed E-state index contributed by atoms with van der Waals surface area (Å²) in [5, 5.41) is 2.87. The van der Waals surface area contributed by atoms with E-state index in [-0.39, 0.29) is 5.91 Å². The lowest BCUT2D eigenvalue weighted by Gasteiger charge is -2.04. The lowest BCUT2D eigenvalue weighted by atomic mass is 10.2. The minimum absolute atomic E-state index is 0.135. The first-order chi connectivity index (χ1) is 12.0. The fraction of sp³-hybridized carbons (Fsp3) is 0.263. The largest absolute Gasteiger partial charge is 0.346 e. The van der Waals surface area contributed by atoms with Crippen molar-refractivity contribution in [2.75, 3.05) is 0 Å². The molecule has 0 aliphatic heterocycles. The Morgan fingerprint density at radius 2 is 1.84 bits per heavy atom. The van der Waals surface area contributed by atoms with Crippen LogP contribution in [0.1, 0.15) is 40.6 Å². The Balaban J connectivity index is 0.00000109. The second kappa shape index (κ2) is 8.83. The molecule has 0 radical (unpaired) electrons. The van der Waals surface area contributed by atoms with Crippen molar-refractivity contribution in [1.29, 1.82) is 0 Å². The zero-order chi connectivity index (χ0) is 18.4. The highest BCUT2D eigenvalue weighted by atomic mass is 35.5. The van der Waals surface area contributed by atoms with E-state index in [1.807, 2.05) is 31.5 Å². The molecule has 2 heterocycles. The SMILES string of the molecule is CC.Cc1ccc(-n2cc(CNC(=O)c3ccc(Cl)s3)nc2C)cc1. The van der Waals surface area contributed by atoms with Gasteiger partial charge in [0.2, 0.25) is 0 Å². The summed E-state index contributed by atoms with van der Waals surface area (Å²) in [5.74, 6) is 0.752. The van der Waals surface area contributed by atoms with Gasteiger partial charge in [-0.3, -0.25) is 4.79 Å². The number of hydrogen-bond donors (Lipinski definition) is 1. The van der Waals surface area contributed by atoms with E-state index < -0.39 is 0 Å². The van der Waals surface area contributed by atoms with Crippen LogP contribution in [0.5, 0.6) is 0 Å². The molecule has 0 saturated carbocycles. The van der Waals surface area contributed by atoms with E-state index in [0.29, 0.717) is 15.8 Å². The summed E-state index contributed by atoms with van der Waals surface area (Å²) >= 11 is 7.11. The third kappa shape index (κ3) is 4.94. The number of benzene rings is 1. The number of imidazole rings is 1. The van der Waals surface area contributed by atoms with Gasteiger partial charge in [0.1, 0.15) is 5.82 Å². The van der Waals surface area contributed by atoms with Crippen molar-refractivity contribution >= 4 is 28.8 Å². The van der Waals surface area contributed by atoms with Crippen LogP contribution >= 0.6 is 22.9 Å². The highest BCUT2D eigenvalue weighted by Gasteiger charge is 2.10. The Kier molecular flexibility index (Phi) is 6.79. The number of aryl methyl sites for hydroxylation is 2. The van der Waals surface area contributed by atoms with Crippen LogP contribution in [-0.2, 0) is 6.54 Å². The highest BCUT2D eigenvalue weighted by Crippen LogP contribution is 2.21. The minimum atomic E-state index is -0.135. The molecule has 0 fully saturated rings. The molecule has 3 aromatic rings. The number of thiophene rings is 1. The lowest BCUT2D eigenvalue weighted by molar-refractivity contribution is 0.0954. The monoisotopic (exact) mass is 375 g/mol. The molecule has 1 amide bonds. The summed E-state index contributed by atoms with van der Waals surface area (Å²) in [4.78, 5) is 17.1. The number of carbonyl (C=O) groups excluding carboxylic acids is 1. The fourth-order valence-electron chi connectivity index (χ4n) is 2.28. The van der Waals surface area contributed by atoms with Crippen LogP contribution in [0.2, 0.25) is 4.34 Å². The van der Waals surface area contributed by atoms with Crippen molar-refractivity contribution in [3.63, 3.8) is 0 Å². The molecule has 6 heteroatoms. The average Bonchev–Trinajstić information content (AvgIpc) is 3.21. The van der Waals surface area contributed by atoms with E-state index >= 15 is 0 Å². The second-order valence-corrected chi connectivity index (χ2v) is 6.99. The third-order valence-electron chi connectivity index (χ3n) is 3.47. The van der Waals surface area contributed by atoms with E-state index in [2.05, 4.69) is 41.5 Å². The molecule has 0 atom stereocenters. The minimum Gasteiger partial charge on any atom is -0.346 e. The number of carbonyl (C=O) groups is 1. The average molecular weight is 376 g/mol. The van der Waals surface area contributed by atoms with E-state index in [1.165, 1.54) is 16.9 Å². The number of aromatic nitrogens is 2. The van der Waals surface area contributed by atoms with Gasteiger partial charge >= 0.3 is 0 Å². The van der Waals surface area contributed by atoms with Crippen molar-refractivity contribution in [3.05, 3.63) is 68.9 Å². The van der Waals surface area contributed by atoms with Crippen LogP contribution < -0.4 is 5.32 Å². The number of amides is 1. The predicted molar refractivity (Wildman–Crippen MR) is 105 cm³/mol. The molecule has 0 aliphatic carbocycles. The van der Waals surface area contributed by atoms with Gasteiger partial charge in [0.05, 0.1) is 21.5 Å². The van der Waals surface area contributed by atoms with Crippen molar-refractivity contribution in [3.8, 4) is 5.69 Å². The van der Waals surface area contributed by atoms with E-state index in [9.17, 15) is 4.79 Å². The van der Waals surface area contributed by atoms with Crippen LogP contribution in [0.15, 0.2) is 42.6 Å². The van der Waals surface area contributed by atoms with Gasteiger partial charge in [-0.05, 0) is 38.1 Å². The first-order valence-electron chi connectivity index (χ1n) is 8.18. The van der Waals surface area contributed by atoms with Gasteiger partial charge in [0.15, 0.2) is 0 Å². The summed E-state index contributed by atoms with van der Waals surface area (Å²) in [6.07, 6.45) is 1.95. The second-order valence-electron chi connectivity index (χ2n) is 5.27. The summed E-state index contributed by atoms with van der Waals surface area (Å²) in [6.45, 7) is 8.39. The normalized spacial score (nSPS) is 10.1. The summed E-state index contributed by atoms with van der Waals surface area (Å²) in [6, 6.07) is 11.7. The van der Waals surface area contributed by atoms with Gasteiger partial charge in [0, 0.05) is 11.9 Å². The van der Waals surface area contributed by atoms with Crippen LogP contribution in [0.4, 0.5) is 0 Å². The zero-order valence-electron chi connectivity index (χ0n) is 14.8. The Morgan fingerprint density at radius 1 is 1.16 bits per heavy atom. The van der Waals surface area contributed by atoms with Gasteiger partial charge in [-0.15, -0.1) is 11.3 Å². The van der Waals surface area contributed by atoms with Gasteiger partial charge in [-0.1, -0.05) is 43.1 Å². The summed E-state index contributed by atoms with van der Waals surface area (Å²) in [5.41, 5.74) is 3.09. The Morgan fingerprint density at radius 3 is 2.44 bits per heavy atom. The molecule has 132 valence electrons. The number of halogens is 1. The number of hydrogen-bond acceptors (Lipinski definition) is 3. The molecule has 4 nitrogen and oxygen atoms in total. The molecule has 0 saturated heterocycles. The highest BCUT2D eigenvalue weighted by molar-refractivity contribution is 7.17. The number of nitrogens with zero attached hydrogens (tertiary/aromatic N) is 2. The summed E-state index contributed by atoms with van der Waals surface area (Å²) < 4.78 is 2.62. The predicted octanol–water partition coefficient (Wildman–Crippen LogP) is 5.16. The molecule has 2 aromatic heterocycles. The smallest absolute Gasteiger partial charge is 0.261 e. The van der Waals surface area contributed by atoms with E-state index in [1.54, 1.807) is 12.1 Å². The molecule has 1 N–H and O–H groups in total. The molecule has 0 unspecified atom stereocenters. The standard InChI is InChI=1S/C17H16ClN3OS.C2H6/c1-11-3-5-14(6-4-11)21-10-13(20-12(21)2)9-19-17(22)15-7-8-16(18)23-15;1-2/h3-8,10H,9H2,1-2H3,(H,19,22);1-2H3. The molecule has 0 spiro atoms. The molecule has 1 aromatic carbocycles. The van der Waals surface area contributed by atoms with Crippen molar-refractivity contribution in [2.24, 2.45) is 0 Å². The van der Waals surface area contributed by atoms with Crippen molar-refractivity contribution in [2.45, 2.75) is 34.2 Å². The first kappa shape index (κ1) is 19.2. The zero-order valence-corrected chi connectivity index (χ0v) is 16.4. The van der Waals surface area contributed by atoms with Crippen LogP contribution in [-0.4, -0.2) is 15.5 Å². The number of nitrogens with one attached hydrogen (secondary N) is 1. The molecule has 0 bridgehead atoms. The maximum absolute atomic E-state index is 12.0. The van der Waals surface area contributed by atoms with Gasteiger partial charge in [-0.2, -0.15) is 0 Å². The third-order valence-corrected chi connectivity index (χ3v) is 4.70. The Hall–Kier alpha value is -2.11. The number of rotatable bonds is 4. The van der Waals surface area contributed by atoms with E-state index in [4.69, 9.17) is 11.6 Å². The van der Waals surface area contributed by atoms with Crippen LogP contribution in [0.3, 0.4) is 0 Å². The molecular formula is C19H22ClN3OS. The molecular weight excluding hydrogens is 354 g/mol. The van der Waals surface area contributed by atoms with Crippen LogP contribution in [0, 0.1) is 13.8 Å². The maximum atomic E-state index is 12.0. The van der Waals surface area contributed by atoms with Crippen molar-refractivity contribution in [1.82, 2.24) is 14.9 Å². The molecule has 3 rings (SSSR count). The lowest BCUT2D eigenvalue weighted by Crippen LogP contribution is -2.21. The molecule has 0 aliphatic rings. The van der Waals surface area contributed by atoms with Crippen LogP contribution in [0.25, 0.3) is 5.69 Å². The Labute approximate surface area is 157 Å². The summed E-state index contributed by atoms with van der Waals surface area (Å²) in [7, 11) is 0. The fourth-order valence-corrected chi connectivity index (χ4v) is 3.24. The van der Waals surface area contributed by atoms with Gasteiger partial charge in [-0.25, -0.2) is 4.98 Å².